The van der Waals surface area contributed by atoms with Crippen molar-refractivity contribution in [2.45, 2.75) is 32.7 Å². The summed E-state index contributed by atoms with van der Waals surface area (Å²) in [4.78, 5) is 0. The molecule has 0 aliphatic heterocycles. The molecule has 19 heavy (non-hydrogen) atoms. The summed E-state index contributed by atoms with van der Waals surface area (Å²) in [6, 6.07) is 10.2. The molecule has 0 spiro atoms. The molecule has 1 heterocycles. The third kappa shape index (κ3) is 3.39. The molecule has 100 valence electrons. The first kappa shape index (κ1) is 14.2. The van der Waals surface area contributed by atoms with E-state index in [-0.39, 0.29) is 6.04 Å². The van der Waals surface area contributed by atoms with Gasteiger partial charge in [0.1, 0.15) is 0 Å². The van der Waals surface area contributed by atoms with Crippen LogP contribution in [-0.2, 0) is 12.8 Å². The van der Waals surface area contributed by atoms with Crippen molar-refractivity contribution >= 4 is 15.9 Å². The fourth-order valence-electron chi connectivity index (χ4n) is 2.14. The zero-order chi connectivity index (χ0) is 13.8. The maximum atomic E-state index is 6.35. The summed E-state index contributed by atoms with van der Waals surface area (Å²) in [5.41, 5.74) is 10.6. The highest BCUT2D eigenvalue weighted by molar-refractivity contribution is 9.10. The van der Waals surface area contributed by atoms with Gasteiger partial charge >= 0.3 is 0 Å². The van der Waals surface area contributed by atoms with Gasteiger partial charge in [0.15, 0.2) is 0 Å². The predicted octanol–water partition coefficient (Wildman–Crippen LogP) is 3.35. The number of rotatable bonds is 4. The van der Waals surface area contributed by atoms with E-state index in [1.54, 1.807) is 0 Å². The van der Waals surface area contributed by atoms with Gasteiger partial charge in [0.2, 0.25) is 0 Å². The monoisotopic (exact) mass is 319 g/mol. The Kier molecular flexibility index (Phi) is 4.66. The molecule has 1 aromatic carbocycles. The van der Waals surface area contributed by atoms with Crippen LogP contribution >= 0.6 is 15.9 Å². The minimum Gasteiger partial charge on any atom is -0.324 e. The molecule has 2 rings (SSSR count). The lowest BCUT2D eigenvalue weighted by atomic mass is 9.97. The lowest BCUT2D eigenvalue weighted by molar-refractivity contribution is 0.690. The van der Waals surface area contributed by atoms with Crippen molar-refractivity contribution in [3.63, 3.8) is 0 Å². The van der Waals surface area contributed by atoms with Crippen LogP contribution in [0.15, 0.2) is 34.8 Å². The number of hydrogen-bond donors (Lipinski definition) is 1. The molecule has 2 aromatic rings. The third-order valence-electron chi connectivity index (χ3n) is 3.16. The quantitative estimate of drug-likeness (QED) is 0.940. The Bertz CT molecular complexity index is 569. The van der Waals surface area contributed by atoms with Gasteiger partial charge < -0.3 is 5.73 Å². The number of halogens is 1. The molecular formula is C15H18BrN3. The second kappa shape index (κ2) is 6.26. The zero-order valence-electron chi connectivity index (χ0n) is 11.2. The van der Waals surface area contributed by atoms with Crippen LogP contribution in [0.2, 0.25) is 0 Å². The number of benzene rings is 1. The van der Waals surface area contributed by atoms with Crippen molar-refractivity contribution in [3.05, 3.63) is 57.3 Å². The zero-order valence-corrected chi connectivity index (χ0v) is 12.8. The van der Waals surface area contributed by atoms with Gasteiger partial charge in [-0.1, -0.05) is 41.1 Å². The van der Waals surface area contributed by atoms with Crippen molar-refractivity contribution in [1.29, 1.82) is 0 Å². The van der Waals surface area contributed by atoms with E-state index in [0.29, 0.717) is 0 Å². The molecule has 1 unspecified atom stereocenters. The Morgan fingerprint density at radius 1 is 1.26 bits per heavy atom. The second-order valence-electron chi connectivity index (χ2n) is 4.64. The van der Waals surface area contributed by atoms with E-state index < -0.39 is 0 Å². The molecule has 0 aliphatic carbocycles. The Hall–Kier alpha value is -1.26. The first-order valence-electron chi connectivity index (χ1n) is 6.44. The standard InChI is InChI=1S/C15H18BrN3/c1-3-15-12(8-10(2)18-19-15)14(17)9-11-6-4-5-7-13(11)16/h4-8,14H,3,9,17H2,1-2H3. The first-order valence-corrected chi connectivity index (χ1v) is 7.23. The van der Waals surface area contributed by atoms with Gasteiger partial charge in [-0.3, -0.25) is 0 Å². The van der Waals surface area contributed by atoms with E-state index in [4.69, 9.17) is 5.73 Å². The summed E-state index contributed by atoms with van der Waals surface area (Å²) >= 11 is 3.56. The third-order valence-corrected chi connectivity index (χ3v) is 3.93. The normalized spacial score (nSPS) is 12.4. The van der Waals surface area contributed by atoms with Crippen molar-refractivity contribution in [1.82, 2.24) is 10.2 Å². The first-order chi connectivity index (χ1) is 9.11. The molecule has 0 saturated carbocycles. The van der Waals surface area contributed by atoms with Gasteiger partial charge in [0.05, 0.1) is 11.4 Å². The molecule has 0 aliphatic rings. The molecule has 4 heteroatoms. The van der Waals surface area contributed by atoms with E-state index in [1.807, 2.05) is 31.2 Å². The Morgan fingerprint density at radius 2 is 2.00 bits per heavy atom. The summed E-state index contributed by atoms with van der Waals surface area (Å²) in [6.07, 6.45) is 1.64. The summed E-state index contributed by atoms with van der Waals surface area (Å²) in [6.45, 7) is 4.02. The van der Waals surface area contributed by atoms with Crippen LogP contribution < -0.4 is 5.73 Å². The van der Waals surface area contributed by atoms with Crippen LogP contribution in [0.1, 0.15) is 35.5 Å². The van der Waals surface area contributed by atoms with E-state index >= 15 is 0 Å². The molecule has 0 bridgehead atoms. The smallest absolute Gasteiger partial charge is 0.0676 e. The van der Waals surface area contributed by atoms with Gasteiger partial charge in [0.25, 0.3) is 0 Å². The number of hydrogen-bond acceptors (Lipinski definition) is 3. The minimum absolute atomic E-state index is 0.0529. The lowest BCUT2D eigenvalue weighted by Gasteiger charge is -2.16. The van der Waals surface area contributed by atoms with Crippen LogP contribution in [-0.4, -0.2) is 10.2 Å². The van der Waals surface area contributed by atoms with Gasteiger partial charge in [-0.25, -0.2) is 0 Å². The van der Waals surface area contributed by atoms with Crippen molar-refractivity contribution in [2.24, 2.45) is 5.73 Å². The van der Waals surface area contributed by atoms with Crippen LogP contribution in [0.3, 0.4) is 0 Å². The average Bonchev–Trinajstić information content (AvgIpc) is 2.41. The van der Waals surface area contributed by atoms with E-state index in [9.17, 15) is 0 Å². The highest BCUT2D eigenvalue weighted by Gasteiger charge is 2.14. The molecule has 0 fully saturated rings. The molecule has 1 aromatic heterocycles. The summed E-state index contributed by atoms with van der Waals surface area (Å²) in [5.74, 6) is 0. The van der Waals surface area contributed by atoms with Gasteiger partial charge in [-0.15, -0.1) is 0 Å². The largest absolute Gasteiger partial charge is 0.324 e. The molecule has 3 nitrogen and oxygen atoms in total. The second-order valence-corrected chi connectivity index (χ2v) is 5.50. The number of nitrogens with zero attached hydrogens (tertiary/aromatic N) is 2. The molecule has 0 radical (unpaired) electrons. The predicted molar refractivity (Wildman–Crippen MR) is 80.9 cm³/mol. The Balaban J connectivity index is 2.27. The van der Waals surface area contributed by atoms with Gasteiger partial charge in [-0.05, 0) is 43.0 Å². The van der Waals surface area contributed by atoms with Crippen molar-refractivity contribution in [3.8, 4) is 0 Å². The molecule has 2 N–H and O–H groups in total. The summed E-state index contributed by atoms with van der Waals surface area (Å²) in [7, 11) is 0. The van der Waals surface area contributed by atoms with Crippen molar-refractivity contribution in [2.75, 3.05) is 0 Å². The lowest BCUT2D eigenvalue weighted by Crippen LogP contribution is -2.17. The van der Waals surface area contributed by atoms with Crippen LogP contribution in [0.25, 0.3) is 0 Å². The average molecular weight is 320 g/mol. The topological polar surface area (TPSA) is 51.8 Å². The van der Waals surface area contributed by atoms with Crippen LogP contribution in [0.5, 0.6) is 0 Å². The van der Waals surface area contributed by atoms with E-state index in [2.05, 4.69) is 39.1 Å². The fourth-order valence-corrected chi connectivity index (χ4v) is 2.59. The molecule has 0 saturated heterocycles. The molecule has 1 atom stereocenters. The fraction of sp³-hybridized carbons (Fsp3) is 0.333. The Labute approximate surface area is 122 Å². The van der Waals surface area contributed by atoms with Crippen LogP contribution in [0.4, 0.5) is 0 Å². The number of aromatic nitrogens is 2. The summed E-state index contributed by atoms with van der Waals surface area (Å²) < 4.78 is 1.10. The van der Waals surface area contributed by atoms with Gasteiger partial charge in [-0.2, -0.15) is 10.2 Å². The SMILES string of the molecule is CCc1nnc(C)cc1C(N)Cc1ccccc1Br. The number of aryl methyl sites for hydroxylation is 2. The van der Waals surface area contributed by atoms with E-state index in [0.717, 1.165) is 34.3 Å². The van der Waals surface area contributed by atoms with Crippen LogP contribution in [0, 0.1) is 6.92 Å². The van der Waals surface area contributed by atoms with E-state index in [1.165, 1.54) is 5.56 Å². The minimum atomic E-state index is -0.0529. The highest BCUT2D eigenvalue weighted by Crippen LogP contribution is 2.24. The van der Waals surface area contributed by atoms with Gasteiger partial charge in [0, 0.05) is 10.5 Å². The molecular weight excluding hydrogens is 302 g/mol. The maximum Gasteiger partial charge on any atom is 0.0676 e. The molecule has 0 amide bonds. The number of nitrogens with two attached hydrogens (primary N) is 1. The highest BCUT2D eigenvalue weighted by atomic mass is 79.9. The summed E-state index contributed by atoms with van der Waals surface area (Å²) in [5, 5.41) is 8.34. The Morgan fingerprint density at radius 3 is 2.68 bits per heavy atom. The maximum absolute atomic E-state index is 6.35. The van der Waals surface area contributed by atoms with Crippen molar-refractivity contribution < 1.29 is 0 Å².